The SMILES string of the molecule is CC1(C)c2ccccc2-c2c1ccc1c2oc2cccc(N(c3ccccc3)c3ccc(-c4ccc5ccccc5c4)cc3)c21. The fourth-order valence-corrected chi connectivity index (χ4v) is 7.41. The molecule has 0 spiro atoms. The average Bonchev–Trinajstić information content (AvgIpc) is 3.58. The van der Waals surface area contributed by atoms with Gasteiger partial charge in [-0.1, -0.05) is 123 Å². The van der Waals surface area contributed by atoms with E-state index in [1.807, 2.05) is 0 Å². The van der Waals surface area contributed by atoms with Crippen molar-refractivity contribution in [1.29, 1.82) is 0 Å². The van der Waals surface area contributed by atoms with E-state index in [2.05, 4.69) is 170 Å². The van der Waals surface area contributed by atoms with E-state index in [1.54, 1.807) is 0 Å². The lowest BCUT2D eigenvalue weighted by atomic mass is 9.82. The summed E-state index contributed by atoms with van der Waals surface area (Å²) in [5, 5.41) is 4.77. The third-order valence-electron chi connectivity index (χ3n) is 9.65. The molecule has 0 bridgehead atoms. The number of hydrogen-bond acceptors (Lipinski definition) is 2. The van der Waals surface area contributed by atoms with Gasteiger partial charge in [0.1, 0.15) is 11.2 Å². The summed E-state index contributed by atoms with van der Waals surface area (Å²) >= 11 is 0. The largest absolute Gasteiger partial charge is 0.455 e. The van der Waals surface area contributed by atoms with Crippen LogP contribution in [0.1, 0.15) is 25.0 Å². The number of fused-ring (bicyclic) bond motifs is 8. The van der Waals surface area contributed by atoms with Gasteiger partial charge in [-0.3, -0.25) is 0 Å². The van der Waals surface area contributed by atoms with Gasteiger partial charge in [-0.05, 0) is 81.1 Å². The molecule has 0 atom stereocenters. The van der Waals surface area contributed by atoms with E-state index in [1.165, 1.54) is 44.2 Å². The van der Waals surface area contributed by atoms with Crippen LogP contribution < -0.4 is 4.90 Å². The molecule has 45 heavy (non-hydrogen) atoms. The van der Waals surface area contributed by atoms with E-state index in [9.17, 15) is 0 Å². The molecular weight excluding hydrogens is 546 g/mol. The molecule has 2 nitrogen and oxygen atoms in total. The van der Waals surface area contributed by atoms with Crippen LogP contribution in [0.5, 0.6) is 0 Å². The van der Waals surface area contributed by atoms with Gasteiger partial charge in [-0.15, -0.1) is 0 Å². The van der Waals surface area contributed by atoms with Gasteiger partial charge < -0.3 is 9.32 Å². The third kappa shape index (κ3) is 3.89. The third-order valence-corrected chi connectivity index (χ3v) is 9.65. The van der Waals surface area contributed by atoms with Crippen LogP contribution in [0.4, 0.5) is 17.1 Å². The molecule has 1 aliphatic rings. The molecule has 0 unspecified atom stereocenters. The van der Waals surface area contributed by atoms with Crippen molar-refractivity contribution in [3.8, 4) is 22.3 Å². The summed E-state index contributed by atoms with van der Waals surface area (Å²) in [4.78, 5) is 2.35. The Morgan fingerprint density at radius 1 is 0.533 bits per heavy atom. The van der Waals surface area contributed by atoms with Crippen LogP contribution in [0.25, 0.3) is 55.0 Å². The molecule has 0 saturated carbocycles. The number of anilines is 3. The van der Waals surface area contributed by atoms with E-state index < -0.39 is 0 Å². The first-order chi connectivity index (χ1) is 22.1. The van der Waals surface area contributed by atoms with Crippen molar-refractivity contribution in [3.05, 3.63) is 163 Å². The number of benzene rings is 7. The fourth-order valence-electron chi connectivity index (χ4n) is 7.41. The molecular formula is C43H31NO. The second-order valence-corrected chi connectivity index (χ2v) is 12.6. The van der Waals surface area contributed by atoms with Gasteiger partial charge in [0, 0.05) is 27.7 Å². The predicted octanol–water partition coefficient (Wildman–Crippen LogP) is 12.2. The van der Waals surface area contributed by atoms with Crippen LogP contribution in [0.3, 0.4) is 0 Å². The summed E-state index contributed by atoms with van der Waals surface area (Å²) in [5.41, 5.74) is 12.7. The van der Waals surface area contributed by atoms with Crippen LogP contribution in [-0.4, -0.2) is 0 Å². The predicted molar refractivity (Wildman–Crippen MR) is 189 cm³/mol. The quantitative estimate of drug-likeness (QED) is 0.207. The Labute approximate surface area is 262 Å². The fraction of sp³-hybridized carbons (Fsp3) is 0.0698. The Morgan fingerprint density at radius 3 is 2.09 bits per heavy atom. The van der Waals surface area contributed by atoms with Crippen molar-refractivity contribution >= 4 is 49.8 Å². The van der Waals surface area contributed by atoms with E-state index in [0.29, 0.717) is 0 Å². The monoisotopic (exact) mass is 577 g/mol. The van der Waals surface area contributed by atoms with E-state index >= 15 is 0 Å². The molecule has 1 heterocycles. The van der Waals surface area contributed by atoms with Gasteiger partial charge in [0.2, 0.25) is 0 Å². The van der Waals surface area contributed by atoms with Crippen LogP contribution in [0.2, 0.25) is 0 Å². The zero-order valence-corrected chi connectivity index (χ0v) is 25.3. The van der Waals surface area contributed by atoms with Crippen LogP contribution in [0, 0.1) is 0 Å². The Morgan fingerprint density at radius 2 is 1.24 bits per heavy atom. The molecule has 214 valence electrons. The Kier molecular flexibility index (Phi) is 5.58. The van der Waals surface area contributed by atoms with Gasteiger partial charge in [0.15, 0.2) is 0 Å². The summed E-state index contributed by atoms with van der Waals surface area (Å²) in [6.07, 6.45) is 0. The standard InChI is InChI=1S/C43H31NO/c1-43(2)36-16-9-8-15-34(36)40-37(43)26-25-35-41-38(17-10-18-39(41)45-42(35)40)44(32-13-4-3-5-14-32)33-23-21-29(22-24-33)31-20-19-28-11-6-7-12-30(28)27-31/h3-27H,1-2H3. The smallest absolute Gasteiger partial charge is 0.143 e. The van der Waals surface area contributed by atoms with Crippen LogP contribution in [-0.2, 0) is 5.41 Å². The first kappa shape index (κ1) is 25.9. The minimum Gasteiger partial charge on any atom is -0.455 e. The highest BCUT2D eigenvalue weighted by Gasteiger charge is 2.37. The molecule has 0 aliphatic heterocycles. The molecule has 8 aromatic rings. The number of hydrogen-bond donors (Lipinski definition) is 0. The van der Waals surface area contributed by atoms with Crippen LogP contribution in [0.15, 0.2) is 156 Å². The minimum atomic E-state index is -0.0786. The number of furan rings is 1. The normalized spacial score (nSPS) is 13.3. The molecule has 2 heteroatoms. The number of para-hydroxylation sites is 1. The van der Waals surface area contributed by atoms with Gasteiger partial charge in [-0.25, -0.2) is 0 Å². The van der Waals surface area contributed by atoms with Crippen LogP contribution >= 0.6 is 0 Å². The summed E-state index contributed by atoms with van der Waals surface area (Å²) < 4.78 is 6.79. The van der Waals surface area contributed by atoms with Gasteiger partial charge in [-0.2, -0.15) is 0 Å². The van der Waals surface area contributed by atoms with Gasteiger partial charge in [0.25, 0.3) is 0 Å². The van der Waals surface area contributed by atoms with E-state index in [-0.39, 0.29) is 5.41 Å². The van der Waals surface area contributed by atoms with Crippen molar-refractivity contribution in [2.75, 3.05) is 4.90 Å². The lowest BCUT2D eigenvalue weighted by Crippen LogP contribution is -2.14. The minimum absolute atomic E-state index is 0.0786. The lowest BCUT2D eigenvalue weighted by Gasteiger charge is -2.26. The summed E-state index contributed by atoms with van der Waals surface area (Å²) in [6, 6.07) is 54.5. The number of nitrogens with zero attached hydrogens (tertiary/aromatic N) is 1. The van der Waals surface area contributed by atoms with Gasteiger partial charge >= 0.3 is 0 Å². The Bertz CT molecular complexity index is 2400. The molecule has 1 aliphatic carbocycles. The maximum atomic E-state index is 6.79. The molecule has 0 amide bonds. The molecule has 9 rings (SSSR count). The second-order valence-electron chi connectivity index (χ2n) is 12.6. The molecule has 7 aromatic carbocycles. The van der Waals surface area contributed by atoms with Crippen molar-refractivity contribution in [1.82, 2.24) is 0 Å². The molecule has 0 saturated heterocycles. The maximum Gasteiger partial charge on any atom is 0.143 e. The molecule has 0 radical (unpaired) electrons. The average molecular weight is 578 g/mol. The first-order valence-electron chi connectivity index (χ1n) is 15.6. The van der Waals surface area contributed by atoms with Crippen molar-refractivity contribution in [2.45, 2.75) is 19.3 Å². The van der Waals surface area contributed by atoms with Gasteiger partial charge in [0.05, 0.1) is 11.1 Å². The highest BCUT2D eigenvalue weighted by atomic mass is 16.3. The van der Waals surface area contributed by atoms with Crippen molar-refractivity contribution in [3.63, 3.8) is 0 Å². The first-order valence-corrected chi connectivity index (χ1v) is 15.6. The van der Waals surface area contributed by atoms with E-state index in [0.717, 1.165) is 39.0 Å². The second kappa shape index (κ2) is 9.70. The van der Waals surface area contributed by atoms with E-state index in [4.69, 9.17) is 4.42 Å². The van der Waals surface area contributed by atoms with Crippen molar-refractivity contribution < 1.29 is 4.42 Å². The maximum absolute atomic E-state index is 6.79. The summed E-state index contributed by atoms with van der Waals surface area (Å²) in [6.45, 7) is 4.63. The Hall–Kier alpha value is -5.60. The number of rotatable bonds is 4. The highest BCUT2D eigenvalue weighted by Crippen LogP contribution is 2.53. The molecule has 1 aromatic heterocycles. The zero-order chi connectivity index (χ0) is 30.1. The summed E-state index contributed by atoms with van der Waals surface area (Å²) in [5.74, 6) is 0. The molecule has 0 N–H and O–H groups in total. The molecule has 0 fully saturated rings. The topological polar surface area (TPSA) is 16.4 Å². The zero-order valence-electron chi connectivity index (χ0n) is 25.3. The van der Waals surface area contributed by atoms with Crippen molar-refractivity contribution in [2.24, 2.45) is 0 Å². The Balaban J connectivity index is 1.23. The lowest BCUT2D eigenvalue weighted by molar-refractivity contribution is 0.653. The highest BCUT2D eigenvalue weighted by molar-refractivity contribution is 6.17. The summed E-state index contributed by atoms with van der Waals surface area (Å²) in [7, 11) is 0.